The van der Waals surface area contributed by atoms with Crippen LogP contribution in [0.1, 0.15) is 38.7 Å². The van der Waals surface area contributed by atoms with Crippen molar-refractivity contribution in [2.45, 2.75) is 51.7 Å². The summed E-state index contributed by atoms with van der Waals surface area (Å²) in [7, 11) is 0. The zero-order chi connectivity index (χ0) is 18.8. The Kier molecular flexibility index (Phi) is 9.60. The first-order valence-corrected chi connectivity index (χ1v) is 9.34. The van der Waals surface area contributed by atoms with Crippen molar-refractivity contribution in [1.82, 2.24) is 5.32 Å². The molecule has 140 valence electrons. The van der Waals surface area contributed by atoms with Crippen LogP contribution in [0.25, 0.3) is 0 Å². The van der Waals surface area contributed by atoms with Gasteiger partial charge in [0.25, 0.3) is 0 Å². The standard InChI is InChI=1S/C19H29NO4S/c1-13(2)11-16(19(23)24)20-18(22)15(17(21)12-25)10-6-9-14-7-4-3-5-8-14/h3-5,7-8,13,15-17,21,25H,6,9-12H2,1-2H3,(H,20,22)(H,23,24)/t15?,16-,17?/m0/s1. The quantitative estimate of drug-likeness (QED) is 0.453. The molecular formula is C19H29NO4S. The first kappa shape index (κ1) is 21.5. The van der Waals surface area contributed by atoms with Gasteiger partial charge in [0.1, 0.15) is 6.04 Å². The van der Waals surface area contributed by atoms with E-state index in [9.17, 15) is 19.8 Å². The highest BCUT2D eigenvalue weighted by Crippen LogP contribution is 2.17. The lowest BCUT2D eigenvalue weighted by molar-refractivity contribution is -0.143. The molecule has 2 unspecified atom stereocenters. The zero-order valence-corrected chi connectivity index (χ0v) is 15.8. The number of carbonyl (C=O) groups is 2. The second-order valence-corrected chi connectivity index (χ2v) is 7.13. The summed E-state index contributed by atoms with van der Waals surface area (Å²) in [6.07, 6.45) is 1.48. The number of carbonyl (C=O) groups excluding carboxylic acids is 1. The minimum atomic E-state index is -1.05. The summed E-state index contributed by atoms with van der Waals surface area (Å²) in [4.78, 5) is 23.9. The molecule has 3 N–H and O–H groups in total. The number of hydrogen-bond donors (Lipinski definition) is 4. The summed E-state index contributed by atoms with van der Waals surface area (Å²) in [5.74, 6) is -1.82. The van der Waals surface area contributed by atoms with Crippen molar-refractivity contribution in [3.05, 3.63) is 35.9 Å². The van der Waals surface area contributed by atoms with Crippen LogP contribution in [0.15, 0.2) is 30.3 Å². The lowest BCUT2D eigenvalue weighted by atomic mass is 9.93. The second-order valence-electron chi connectivity index (χ2n) is 6.76. The number of carboxylic acid groups (broad SMARTS) is 1. The van der Waals surface area contributed by atoms with E-state index in [0.29, 0.717) is 12.8 Å². The maximum absolute atomic E-state index is 12.5. The van der Waals surface area contributed by atoms with Gasteiger partial charge in [0.15, 0.2) is 0 Å². The van der Waals surface area contributed by atoms with Gasteiger partial charge in [0.2, 0.25) is 5.91 Å². The summed E-state index contributed by atoms with van der Waals surface area (Å²) in [5.41, 5.74) is 1.17. The van der Waals surface area contributed by atoms with Crippen molar-refractivity contribution in [3.63, 3.8) is 0 Å². The Labute approximate surface area is 155 Å². The average Bonchev–Trinajstić information content (AvgIpc) is 2.57. The van der Waals surface area contributed by atoms with E-state index in [1.165, 1.54) is 5.56 Å². The first-order chi connectivity index (χ1) is 11.8. The fourth-order valence-electron chi connectivity index (χ4n) is 2.77. The average molecular weight is 368 g/mol. The number of hydrogen-bond acceptors (Lipinski definition) is 4. The van der Waals surface area contributed by atoms with Gasteiger partial charge < -0.3 is 15.5 Å². The van der Waals surface area contributed by atoms with Crippen molar-refractivity contribution >= 4 is 24.5 Å². The molecule has 0 aliphatic rings. The number of nitrogens with one attached hydrogen (secondary N) is 1. The van der Waals surface area contributed by atoms with E-state index in [2.05, 4.69) is 17.9 Å². The molecule has 0 aliphatic heterocycles. The van der Waals surface area contributed by atoms with Gasteiger partial charge in [0, 0.05) is 5.75 Å². The largest absolute Gasteiger partial charge is 0.480 e. The SMILES string of the molecule is CC(C)C[C@H](NC(=O)C(CCCc1ccccc1)C(O)CS)C(=O)O. The number of benzene rings is 1. The fourth-order valence-corrected chi connectivity index (χ4v) is 3.02. The molecule has 0 radical (unpaired) electrons. The Morgan fingerprint density at radius 3 is 2.36 bits per heavy atom. The van der Waals surface area contributed by atoms with Crippen LogP contribution in [0.4, 0.5) is 0 Å². The molecule has 0 fully saturated rings. The minimum Gasteiger partial charge on any atom is -0.480 e. The molecule has 3 atom stereocenters. The molecule has 0 aromatic heterocycles. The predicted molar refractivity (Wildman–Crippen MR) is 102 cm³/mol. The van der Waals surface area contributed by atoms with Gasteiger partial charge >= 0.3 is 5.97 Å². The number of thiol groups is 1. The van der Waals surface area contributed by atoms with Gasteiger partial charge in [-0.25, -0.2) is 4.79 Å². The van der Waals surface area contributed by atoms with Gasteiger partial charge in [-0.3, -0.25) is 4.79 Å². The molecule has 0 saturated heterocycles. The number of aryl methyl sites for hydroxylation is 1. The second kappa shape index (κ2) is 11.2. The molecule has 25 heavy (non-hydrogen) atoms. The lowest BCUT2D eigenvalue weighted by Gasteiger charge is -2.24. The lowest BCUT2D eigenvalue weighted by Crippen LogP contribution is -2.47. The molecule has 6 heteroatoms. The molecule has 1 aromatic rings. The highest BCUT2D eigenvalue weighted by atomic mass is 32.1. The topological polar surface area (TPSA) is 86.6 Å². The molecular weight excluding hydrogens is 338 g/mol. The molecule has 0 saturated carbocycles. The Hall–Kier alpha value is -1.53. The predicted octanol–water partition coefficient (Wildman–Crippen LogP) is 2.53. The van der Waals surface area contributed by atoms with Gasteiger partial charge in [0.05, 0.1) is 12.0 Å². The normalized spacial score (nSPS) is 14.8. The van der Waals surface area contributed by atoms with Crippen molar-refractivity contribution in [3.8, 4) is 0 Å². The van der Waals surface area contributed by atoms with Crippen LogP contribution < -0.4 is 5.32 Å². The molecule has 1 amide bonds. The van der Waals surface area contributed by atoms with E-state index >= 15 is 0 Å². The van der Waals surface area contributed by atoms with Crippen molar-refractivity contribution < 1.29 is 19.8 Å². The van der Waals surface area contributed by atoms with E-state index in [1.54, 1.807) is 0 Å². The number of carboxylic acids is 1. The van der Waals surface area contributed by atoms with Crippen LogP contribution in [-0.2, 0) is 16.0 Å². The van der Waals surface area contributed by atoms with Crippen LogP contribution in [0.5, 0.6) is 0 Å². The molecule has 1 aromatic carbocycles. The number of aliphatic hydroxyl groups is 1. The maximum Gasteiger partial charge on any atom is 0.326 e. The summed E-state index contributed by atoms with van der Waals surface area (Å²) in [6.45, 7) is 3.81. The smallest absolute Gasteiger partial charge is 0.326 e. The highest BCUT2D eigenvalue weighted by molar-refractivity contribution is 7.80. The third-order valence-electron chi connectivity index (χ3n) is 4.13. The summed E-state index contributed by atoms with van der Waals surface area (Å²) >= 11 is 4.08. The zero-order valence-electron chi connectivity index (χ0n) is 14.9. The van der Waals surface area contributed by atoms with Gasteiger partial charge in [-0.1, -0.05) is 44.2 Å². The Morgan fingerprint density at radius 2 is 1.84 bits per heavy atom. The fraction of sp³-hybridized carbons (Fsp3) is 0.579. The molecule has 0 spiro atoms. The number of amides is 1. The summed E-state index contributed by atoms with van der Waals surface area (Å²) in [5, 5.41) is 22.0. The van der Waals surface area contributed by atoms with E-state index in [1.807, 2.05) is 44.2 Å². The van der Waals surface area contributed by atoms with Crippen LogP contribution in [0.3, 0.4) is 0 Å². The number of rotatable bonds is 11. The van der Waals surface area contributed by atoms with E-state index in [-0.39, 0.29) is 11.7 Å². The highest BCUT2D eigenvalue weighted by Gasteiger charge is 2.29. The summed E-state index contributed by atoms with van der Waals surface area (Å²) in [6, 6.07) is 8.99. The molecule has 1 rings (SSSR count). The van der Waals surface area contributed by atoms with Gasteiger partial charge in [-0.15, -0.1) is 0 Å². The monoisotopic (exact) mass is 367 g/mol. The third kappa shape index (κ3) is 7.92. The van der Waals surface area contributed by atoms with Crippen LogP contribution in [0, 0.1) is 11.8 Å². The Balaban J connectivity index is 2.66. The Morgan fingerprint density at radius 1 is 1.20 bits per heavy atom. The van der Waals surface area contributed by atoms with Crippen LogP contribution in [0.2, 0.25) is 0 Å². The molecule has 5 nitrogen and oxygen atoms in total. The number of aliphatic carboxylic acids is 1. The van der Waals surface area contributed by atoms with Crippen molar-refractivity contribution in [2.24, 2.45) is 11.8 Å². The first-order valence-electron chi connectivity index (χ1n) is 8.71. The van der Waals surface area contributed by atoms with Crippen LogP contribution in [-0.4, -0.2) is 40.0 Å². The molecule has 0 aliphatic carbocycles. The van der Waals surface area contributed by atoms with Crippen molar-refractivity contribution in [2.75, 3.05) is 5.75 Å². The van der Waals surface area contributed by atoms with Gasteiger partial charge in [-0.05, 0) is 37.2 Å². The van der Waals surface area contributed by atoms with E-state index in [4.69, 9.17) is 0 Å². The maximum atomic E-state index is 12.5. The number of aliphatic hydroxyl groups excluding tert-OH is 1. The van der Waals surface area contributed by atoms with E-state index in [0.717, 1.165) is 12.8 Å². The summed E-state index contributed by atoms with van der Waals surface area (Å²) < 4.78 is 0. The Bertz CT molecular complexity index is 535. The minimum absolute atomic E-state index is 0.146. The molecule has 0 bridgehead atoms. The van der Waals surface area contributed by atoms with E-state index < -0.39 is 29.9 Å². The van der Waals surface area contributed by atoms with Crippen molar-refractivity contribution in [1.29, 1.82) is 0 Å². The van der Waals surface area contributed by atoms with Gasteiger partial charge in [-0.2, -0.15) is 12.6 Å². The van der Waals surface area contributed by atoms with Crippen LogP contribution >= 0.6 is 12.6 Å². The third-order valence-corrected chi connectivity index (χ3v) is 4.51. The molecule has 0 heterocycles.